The second kappa shape index (κ2) is 9.76. The van der Waals surface area contributed by atoms with Gasteiger partial charge in [-0.05, 0) is 79.4 Å². The van der Waals surface area contributed by atoms with Crippen LogP contribution in [0.15, 0.2) is 85.2 Å². The lowest BCUT2D eigenvalue weighted by Crippen LogP contribution is -2.27. The Hall–Kier alpha value is -3.83. The van der Waals surface area contributed by atoms with E-state index in [2.05, 4.69) is 15.3 Å². The molecule has 5 nitrogen and oxygen atoms in total. The predicted molar refractivity (Wildman–Crippen MR) is 130 cm³/mol. The first-order valence-electron chi connectivity index (χ1n) is 10.9. The van der Waals surface area contributed by atoms with Gasteiger partial charge in [0.25, 0.3) is 5.91 Å². The lowest BCUT2D eigenvalue weighted by atomic mass is 9.95. The van der Waals surface area contributed by atoms with Gasteiger partial charge in [-0.3, -0.25) is 14.8 Å². The lowest BCUT2D eigenvalue weighted by Gasteiger charge is -2.17. The van der Waals surface area contributed by atoms with Crippen molar-refractivity contribution in [3.63, 3.8) is 0 Å². The molecule has 4 rings (SSSR count). The maximum absolute atomic E-state index is 13.2. The van der Waals surface area contributed by atoms with E-state index in [1.54, 1.807) is 30.6 Å². The number of amides is 1. The lowest BCUT2D eigenvalue weighted by molar-refractivity contribution is 0.0939. The van der Waals surface area contributed by atoms with Gasteiger partial charge in [0.2, 0.25) is 0 Å². The van der Waals surface area contributed by atoms with Crippen LogP contribution in [-0.2, 0) is 0 Å². The van der Waals surface area contributed by atoms with Gasteiger partial charge in [-0.2, -0.15) is 0 Å². The van der Waals surface area contributed by atoms with Gasteiger partial charge in [0.15, 0.2) is 0 Å². The summed E-state index contributed by atoms with van der Waals surface area (Å²) in [5, 5.41) is 14.0. The minimum Gasteiger partial charge on any atom is -0.382 e. The first-order valence-corrected chi connectivity index (χ1v) is 10.9. The predicted octanol–water partition coefficient (Wildman–Crippen LogP) is 5.33. The molecule has 0 bridgehead atoms. The fourth-order valence-electron chi connectivity index (χ4n) is 3.66. The molecule has 2 N–H and O–H groups in total. The Morgan fingerprint density at radius 1 is 0.879 bits per heavy atom. The highest BCUT2D eigenvalue weighted by Crippen LogP contribution is 2.29. The SMILES string of the molecule is Cc1ccc(-c2cc(C(=O)NC(C)c3ccc(C)nc3)cc(C(O)c3ccccn3)c2)cc1. The molecule has 0 aliphatic heterocycles. The molecule has 2 heterocycles. The number of aliphatic hydroxyl groups is 1. The van der Waals surface area contributed by atoms with Crippen LogP contribution in [0.3, 0.4) is 0 Å². The normalized spacial score (nSPS) is 12.7. The van der Waals surface area contributed by atoms with Gasteiger partial charge >= 0.3 is 0 Å². The molecule has 0 saturated heterocycles. The number of aliphatic hydroxyl groups excluding tert-OH is 1. The second-order valence-corrected chi connectivity index (χ2v) is 8.29. The number of hydrogen-bond acceptors (Lipinski definition) is 4. The van der Waals surface area contributed by atoms with Gasteiger partial charge in [-0.25, -0.2) is 0 Å². The summed E-state index contributed by atoms with van der Waals surface area (Å²) >= 11 is 0. The van der Waals surface area contributed by atoms with Crippen LogP contribution in [0.1, 0.15) is 57.5 Å². The standard InChI is InChI=1S/C28H27N3O2/c1-18-7-10-21(11-8-18)23-14-24(27(32)26-6-4-5-13-29-26)16-25(15-23)28(33)31-20(3)22-12-9-19(2)30-17-22/h4-17,20,27,32H,1-3H3,(H,31,33). The molecule has 33 heavy (non-hydrogen) atoms. The number of pyridine rings is 2. The first kappa shape index (κ1) is 22.4. The van der Waals surface area contributed by atoms with Crippen molar-refractivity contribution in [2.24, 2.45) is 0 Å². The molecule has 2 unspecified atom stereocenters. The minimum atomic E-state index is -0.943. The summed E-state index contributed by atoms with van der Waals surface area (Å²) in [5.74, 6) is -0.216. The Morgan fingerprint density at radius 2 is 1.67 bits per heavy atom. The van der Waals surface area contributed by atoms with E-state index in [4.69, 9.17) is 0 Å². The number of hydrogen-bond donors (Lipinski definition) is 2. The Morgan fingerprint density at radius 3 is 2.33 bits per heavy atom. The van der Waals surface area contributed by atoms with Gasteiger partial charge in [-0.1, -0.05) is 42.0 Å². The molecule has 0 aliphatic carbocycles. The third-order valence-corrected chi connectivity index (χ3v) is 5.67. The van der Waals surface area contributed by atoms with E-state index < -0.39 is 6.10 Å². The molecule has 0 radical (unpaired) electrons. The van der Waals surface area contributed by atoms with E-state index in [0.29, 0.717) is 16.8 Å². The van der Waals surface area contributed by atoms with Crippen LogP contribution in [-0.4, -0.2) is 21.0 Å². The summed E-state index contributed by atoms with van der Waals surface area (Å²) in [5.41, 5.74) is 6.46. The maximum Gasteiger partial charge on any atom is 0.251 e. The van der Waals surface area contributed by atoms with E-state index in [-0.39, 0.29) is 11.9 Å². The summed E-state index contributed by atoms with van der Waals surface area (Å²) in [6, 6.07) is 22.7. The molecular formula is C28H27N3O2. The minimum absolute atomic E-state index is 0.210. The van der Waals surface area contributed by atoms with Crippen LogP contribution in [0.4, 0.5) is 0 Å². The average Bonchev–Trinajstić information content (AvgIpc) is 2.84. The van der Waals surface area contributed by atoms with E-state index in [1.165, 1.54) is 0 Å². The molecular weight excluding hydrogens is 410 g/mol. The molecule has 0 fully saturated rings. The van der Waals surface area contributed by atoms with Crippen LogP contribution in [0.2, 0.25) is 0 Å². The first-order chi connectivity index (χ1) is 15.9. The van der Waals surface area contributed by atoms with Gasteiger partial charge in [0, 0.05) is 23.7 Å². The number of aromatic nitrogens is 2. The largest absolute Gasteiger partial charge is 0.382 e. The number of carbonyl (C=O) groups is 1. The highest BCUT2D eigenvalue weighted by Gasteiger charge is 2.18. The molecule has 0 aliphatic rings. The third kappa shape index (κ3) is 5.33. The van der Waals surface area contributed by atoms with Crippen molar-refractivity contribution in [3.8, 4) is 11.1 Å². The monoisotopic (exact) mass is 437 g/mol. The zero-order chi connectivity index (χ0) is 23.4. The second-order valence-electron chi connectivity index (χ2n) is 8.29. The Kier molecular flexibility index (Phi) is 6.61. The van der Waals surface area contributed by atoms with Crippen LogP contribution in [0.25, 0.3) is 11.1 Å². The van der Waals surface area contributed by atoms with E-state index in [1.807, 2.05) is 75.4 Å². The van der Waals surface area contributed by atoms with E-state index in [9.17, 15) is 9.90 Å². The number of aryl methyl sites for hydroxylation is 2. The summed E-state index contributed by atoms with van der Waals surface area (Å²) < 4.78 is 0. The summed E-state index contributed by atoms with van der Waals surface area (Å²) in [6.45, 7) is 5.89. The van der Waals surface area contributed by atoms with Crippen LogP contribution in [0.5, 0.6) is 0 Å². The number of carbonyl (C=O) groups excluding carboxylic acids is 1. The Balaban J connectivity index is 1.69. The molecule has 4 aromatic rings. The van der Waals surface area contributed by atoms with Crippen molar-refractivity contribution in [1.82, 2.24) is 15.3 Å². The zero-order valence-corrected chi connectivity index (χ0v) is 19.0. The summed E-state index contributed by atoms with van der Waals surface area (Å²) in [4.78, 5) is 21.8. The van der Waals surface area contributed by atoms with Gasteiger partial charge in [0.05, 0.1) is 11.7 Å². The Bertz CT molecular complexity index is 1240. The van der Waals surface area contributed by atoms with Gasteiger partial charge < -0.3 is 10.4 Å². The molecule has 5 heteroatoms. The topological polar surface area (TPSA) is 75.1 Å². The van der Waals surface area contributed by atoms with Crippen molar-refractivity contribution in [2.75, 3.05) is 0 Å². The molecule has 0 saturated carbocycles. The molecule has 166 valence electrons. The van der Waals surface area contributed by atoms with Crippen molar-refractivity contribution < 1.29 is 9.90 Å². The van der Waals surface area contributed by atoms with Gasteiger partial charge in [-0.15, -0.1) is 0 Å². The molecule has 2 aromatic carbocycles. The molecule has 2 aromatic heterocycles. The van der Waals surface area contributed by atoms with Crippen molar-refractivity contribution in [2.45, 2.75) is 32.9 Å². The smallest absolute Gasteiger partial charge is 0.251 e. The van der Waals surface area contributed by atoms with Crippen molar-refractivity contribution in [1.29, 1.82) is 0 Å². The van der Waals surface area contributed by atoms with Crippen molar-refractivity contribution >= 4 is 5.91 Å². The Labute approximate surface area is 194 Å². The number of benzene rings is 2. The van der Waals surface area contributed by atoms with Crippen LogP contribution >= 0.6 is 0 Å². The van der Waals surface area contributed by atoms with Crippen molar-refractivity contribution in [3.05, 3.63) is 119 Å². The molecule has 1 amide bonds. The third-order valence-electron chi connectivity index (χ3n) is 5.67. The van der Waals surface area contributed by atoms with E-state index in [0.717, 1.165) is 27.9 Å². The number of nitrogens with one attached hydrogen (secondary N) is 1. The van der Waals surface area contributed by atoms with Crippen LogP contribution in [0, 0.1) is 13.8 Å². The number of nitrogens with zero attached hydrogens (tertiary/aromatic N) is 2. The average molecular weight is 438 g/mol. The quantitative estimate of drug-likeness (QED) is 0.427. The maximum atomic E-state index is 13.2. The number of rotatable bonds is 6. The summed E-state index contributed by atoms with van der Waals surface area (Å²) in [6.07, 6.45) is 2.48. The van der Waals surface area contributed by atoms with E-state index >= 15 is 0 Å². The summed E-state index contributed by atoms with van der Waals surface area (Å²) in [7, 11) is 0. The van der Waals surface area contributed by atoms with Gasteiger partial charge in [0.1, 0.15) is 6.10 Å². The fraction of sp³-hybridized carbons (Fsp3) is 0.179. The molecule has 2 atom stereocenters. The highest BCUT2D eigenvalue weighted by molar-refractivity contribution is 5.96. The van der Waals surface area contributed by atoms with Crippen LogP contribution < -0.4 is 5.32 Å². The highest BCUT2D eigenvalue weighted by atomic mass is 16.3. The zero-order valence-electron chi connectivity index (χ0n) is 19.0. The fourth-order valence-corrected chi connectivity index (χ4v) is 3.66. The molecule has 0 spiro atoms.